The van der Waals surface area contributed by atoms with E-state index in [4.69, 9.17) is 10.00 Å². The molecule has 0 radical (unpaired) electrons. The largest absolute Gasteiger partial charge is 0.480 e. The minimum absolute atomic E-state index is 0.0345. The number of Topliss-reactive ketones (excluding diaryl/α,β-unsaturated/α-hetero) is 1. The highest BCUT2D eigenvalue weighted by Crippen LogP contribution is 2.19. The summed E-state index contributed by atoms with van der Waals surface area (Å²) in [5.41, 5.74) is 1.53. The van der Waals surface area contributed by atoms with Crippen molar-refractivity contribution in [2.45, 2.75) is 20.0 Å². The maximum Gasteiger partial charge on any atom is 0.265 e. The number of rotatable bonds is 5. The Morgan fingerprint density at radius 3 is 2.39 bits per heavy atom. The zero-order valence-electron chi connectivity index (χ0n) is 12.9. The number of anilines is 1. The van der Waals surface area contributed by atoms with Crippen LogP contribution in [0.5, 0.6) is 5.75 Å². The van der Waals surface area contributed by atoms with E-state index in [0.29, 0.717) is 22.6 Å². The Morgan fingerprint density at radius 2 is 1.78 bits per heavy atom. The van der Waals surface area contributed by atoms with Gasteiger partial charge in [-0.1, -0.05) is 12.1 Å². The number of nitriles is 1. The molecule has 1 N–H and O–H groups in total. The Balaban J connectivity index is 2.02. The van der Waals surface area contributed by atoms with Crippen molar-refractivity contribution in [2.24, 2.45) is 0 Å². The highest BCUT2D eigenvalue weighted by Gasteiger charge is 2.16. The second-order valence-corrected chi connectivity index (χ2v) is 4.99. The summed E-state index contributed by atoms with van der Waals surface area (Å²) in [5.74, 6) is -0.00872. The predicted molar refractivity (Wildman–Crippen MR) is 86.3 cm³/mol. The van der Waals surface area contributed by atoms with Gasteiger partial charge in [0.1, 0.15) is 11.8 Å². The number of ketones is 1. The van der Waals surface area contributed by atoms with E-state index in [9.17, 15) is 9.59 Å². The molecule has 5 heteroatoms. The Kier molecular flexibility index (Phi) is 5.11. The number of hydrogen-bond acceptors (Lipinski definition) is 4. The number of benzene rings is 2. The molecule has 0 fully saturated rings. The molecule has 0 bridgehead atoms. The maximum atomic E-state index is 12.1. The van der Waals surface area contributed by atoms with E-state index in [1.54, 1.807) is 55.5 Å². The first-order chi connectivity index (χ1) is 11.0. The molecule has 2 rings (SSSR count). The van der Waals surface area contributed by atoms with E-state index < -0.39 is 6.10 Å². The SMILES string of the molecule is CC(=O)c1ccc(NC(=O)[C@H](C)Oc2ccccc2C#N)cc1. The van der Waals surface area contributed by atoms with E-state index in [1.807, 2.05) is 6.07 Å². The zero-order chi connectivity index (χ0) is 16.8. The molecule has 0 saturated heterocycles. The first-order valence-electron chi connectivity index (χ1n) is 7.09. The number of nitrogens with one attached hydrogen (secondary N) is 1. The number of carbonyl (C=O) groups is 2. The average Bonchev–Trinajstić information content (AvgIpc) is 2.55. The van der Waals surface area contributed by atoms with Gasteiger partial charge in [0.05, 0.1) is 5.56 Å². The van der Waals surface area contributed by atoms with Crippen molar-refractivity contribution in [1.82, 2.24) is 0 Å². The third-order valence-corrected chi connectivity index (χ3v) is 3.24. The molecule has 0 heterocycles. The molecule has 23 heavy (non-hydrogen) atoms. The predicted octanol–water partition coefficient (Wildman–Crippen LogP) is 3.17. The molecule has 1 amide bonds. The quantitative estimate of drug-likeness (QED) is 0.860. The lowest BCUT2D eigenvalue weighted by Crippen LogP contribution is -2.30. The summed E-state index contributed by atoms with van der Waals surface area (Å²) < 4.78 is 5.54. The van der Waals surface area contributed by atoms with Gasteiger partial charge in [-0.15, -0.1) is 0 Å². The standard InChI is InChI=1S/C18H16N2O3/c1-12(21)14-7-9-16(10-8-14)20-18(22)13(2)23-17-6-4-3-5-15(17)11-19/h3-10,13H,1-2H3,(H,20,22)/t13-/m0/s1. The molecule has 0 spiro atoms. The maximum absolute atomic E-state index is 12.1. The topological polar surface area (TPSA) is 79.2 Å². The molecule has 2 aromatic rings. The molecule has 1 atom stereocenters. The summed E-state index contributed by atoms with van der Waals surface area (Å²) >= 11 is 0. The Labute approximate surface area is 134 Å². The fourth-order valence-corrected chi connectivity index (χ4v) is 1.94. The van der Waals surface area contributed by atoms with Crippen molar-refractivity contribution in [3.05, 3.63) is 59.7 Å². The van der Waals surface area contributed by atoms with Crippen LogP contribution in [0.2, 0.25) is 0 Å². The van der Waals surface area contributed by atoms with Gasteiger partial charge in [-0.25, -0.2) is 0 Å². The van der Waals surface area contributed by atoms with Crippen molar-refractivity contribution in [1.29, 1.82) is 5.26 Å². The van der Waals surface area contributed by atoms with E-state index in [1.165, 1.54) is 6.92 Å². The summed E-state index contributed by atoms with van der Waals surface area (Å²) in [6.07, 6.45) is -0.767. The normalized spacial score (nSPS) is 11.2. The lowest BCUT2D eigenvalue weighted by molar-refractivity contribution is -0.122. The second-order valence-electron chi connectivity index (χ2n) is 4.99. The monoisotopic (exact) mass is 308 g/mol. The van der Waals surface area contributed by atoms with Crippen LogP contribution in [0, 0.1) is 11.3 Å². The van der Waals surface area contributed by atoms with Crippen LogP contribution in [0.4, 0.5) is 5.69 Å². The van der Waals surface area contributed by atoms with Gasteiger partial charge in [0.2, 0.25) is 0 Å². The van der Waals surface area contributed by atoms with E-state index in [2.05, 4.69) is 5.32 Å². The van der Waals surface area contributed by atoms with Crippen LogP contribution in [-0.2, 0) is 4.79 Å². The Morgan fingerprint density at radius 1 is 1.13 bits per heavy atom. The minimum atomic E-state index is -0.767. The Bertz CT molecular complexity index is 761. The third-order valence-electron chi connectivity index (χ3n) is 3.24. The van der Waals surface area contributed by atoms with Crippen LogP contribution in [-0.4, -0.2) is 17.8 Å². The van der Waals surface area contributed by atoms with Gasteiger partial charge in [-0.2, -0.15) is 5.26 Å². The summed E-state index contributed by atoms with van der Waals surface area (Å²) in [6, 6.07) is 15.4. The van der Waals surface area contributed by atoms with Crippen LogP contribution in [0.15, 0.2) is 48.5 Å². The van der Waals surface area contributed by atoms with E-state index in [-0.39, 0.29) is 11.7 Å². The van der Waals surface area contributed by atoms with E-state index in [0.717, 1.165) is 0 Å². The second kappa shape index (κ2) is 7.23. The van der Waals surface area contributed by atoms with Gasteiger partial charge in [0, 0.05) is 11.3 Å². The number of amides is 1. The number of ether oxygens (including phenoxy) is 1. The number of hydrogen-bond donors (Lipinski definition) is 1. The molecule has 0 aliphatic carbocycles. The number of carbonyl (C=O) groups excluding carboxylic acids is 2. The first kappa shape index (κ1) is 16.2. The smallest absolute Gasteiger partial charge is 0.265 e. The highest BCUT2D eigenvalue weighted by atomic mass is 16.5. The summed E-state index contributed by atoms with van der Waals surface area (Å²) in [7, 11) is 0. The van der Waals surface area contributed by atoms with Gasteiger partial charge in [-0.05, 0) is 50.2 Å². The van der Waals surface area contributed by atoms with Crippen LogP contribution >= 0.6 is 0 Å². The first-order valence-corrected chi connectivity index (χ1v) is 7.09. The molecular weight excluding hydrogens is 292 g/mol. The molecule has 5 nitrogen and oxygen atoms in total. The van der Waals surface area contributed by atoms with Crippen LogP contribution in [0.3, 0.4) is 0 Å². The lowest BCUT2D eigenvalue weighted by Gasteiger charge is -2.15. The van der Waals surface area contributed by atoms with Crippen LogP contribution < -0.4 is 10.1 Å². The summed E-state index contributed by atoms with van der Waals surface area (Å²) in [6.45, 7) is 3.09. The molecule has 116 valence electrons. The van der Waals surface area contributed by atoms with Crippen molar-refractivity contribution >= 4 is 17.4 Å². The molecule has 0 saturated carbocycles. The molecule has 0 aliphatic rings. The van der Waals surface area contributed by atoms with Gasteiger partial charge < -0.3 is 10.1 Å². The molecule has 0 unspecified atom stereocenters. The van der Waals surface area contributed by atoms with E-state index >= 15 is 0 Å². The summed E-state index contributed by atoms with van der Waals surface area (Å²) in [5, 5.41) is 11.7. The molecule has 0 aliphatic heterocycles. The van der Waals surface area contributed by atoms with Crippen molar-refractivity contribution in [2.75, 3.05) is 5.32 Å². The zero-order valence-corrected chi connectivity index (χ0v) is 12.9. The van der Waals surface area contributed by atoms with Crippen molar-refractivity contribution < 1.29 is 14.3 Å². The average molecular weight is 308 g/mol. The summed E-state index contributed by atoms with van der Waals surface area (Å²) in [4.78, 5) is 23.4. The molecular formula is C18H16N2O3. The van der Waals surface area contributed by atoms with Crippen LogP contribution in [0.1, 0.15) is 29.8 Å². The van der Waals surface area contributed by atoms with Gasteiger partial charge in [-0.3, -0.25) is 9.59 Å². The van der Waals surface area contributed by atoms with Crippen molar-refractivity contribution in [3.8, 4) is 11.8 Å². The lowest BCUT2D eigenvalue weighted by atomic mass is 10.1. The molecule has 0 aromatic heterocycles. The minimum Gasteiger partial charge on any atom is -0.480 e. The number of para-hydroxylation sites is 1. The fraction of sp³-hybridized carbons (Fsp3) is 0.167. The number of nitrogens with zero attached hydrogens (tertiary/aromatic N) is 1. The van der Waals surface area contributed by atoms with Crippen LogP contribution in [0.25, 0.3) is 0 Å². The third kappa shape index (κ3) is 4.17. The van der Waals surface area contributed by atoms with Gasteiger partial charge in [0.15, 0.2) is 11.9 Å². The van der Waals surface area contributed by atoms with Crippen molar-refractivity contribution in [3.63, 3.8) is 0 Å². The van der Waals surface area contributed by atoms with Gasteiger partial charge in [0.25, 0.3) is 5.91 Å². The van der Waals surface area contributed by atoms with Gasteiger partial charge >= 0.3 is 0 Å². The highest BCUT2D eigenvalue weighted by molar-refractivity contribution is 5.96. The Hall–Kier alpha value is -3.13. The fourth-order valence-electron chi connectivity index (χ4n) is 1.94. The molecule has 2 aromatic carbocycles.